The summed E-state index contributed by atoms with van der Waals surface area (Å²) in [6, 6.07) is 21.8. The number of hydrogen-bond donors (Lipinski definition) is 0. The maximum atomic E-state index is 12.0. The first-order valence-corrected chi connectivity index (χ1v) is 8.39. The lowest BCUT2D eigenvalue weighted by molar-refractivity contribution is 0.112. The van der Waals surface area contributed by atoms with Crippen LogP contribution < -0.4 is 9.47 Å². The molecule has 0 saturated carbocycles. The highest BCUT2D eigenvalue weighted by atomic mass is 16.5. The largest absolute Gasteiger partial charge is 0.496 e. The van der Waals surface area contributed by atoms with Gasteiger partial charge >= 0.3 is 0 Å². The van der Waals surface area contributed by atoms with Gasteiger partial charge in [0, 0.05) is 22.1 Å². The van der Waals surface area contributed by atoms with Crippen molar-refractivity contribution in [3.05, 3.63) is 72.3 Å². The SMILES string of the molecule is COc1cc2ccccc2c(C=O)c1-c1ccc2ccccc2c1OC. The van der Waals surface area contributed by atoms with Gasteiger partial charge in [-0.3, -0.25) is 4.79 Å². The molecule has 0 saturated heterocycles. The van der Waals surface area contributed by atoms with E-state index in [4.69, 9.17) is 9.47 Å². The van der Waals surface area contributed by atoms with Crippen LogP contribution in [0.15, 0.2) is 66.7 Å². The van der Waals surface area contributed by atoms with Crippen molar-refractivity contribution in [3.63, 3.8) is 0 Å². The van der Waals surface area contributed by atoms with Gasteiger partial charge in [-0.25, -0.2) is 0 Å². The summed E-state index contributed by atoms with van der Waals surface area (Å²) in [6.07, 6.45) is 0.898. The van der Waals surface area contributed by atoms with Crippen LogP contribution in [0.25, 0.3) is 32.7 Å². The first-order chi connectivity index (χ1) is 12.8. The molecule has 4 rings (SSSR count). The van der Waals surface area contributed by atoms with Crippen molar-refractivity contribution in [1.29, 1.82) is 0 Å². The molecule has 0 fully saturated rings. The van der Waals surface area contributed by atoms with E-state index in [9.17, 15) is 4.79 Å². The van der Waals surface area contributed by atoms with Gasteiger partial charge in [-0.15, -0.1) is 0 Å². The summed E-state index contributed by atoms with van der Waals surface area (Å²) >= 11 is 0. The second-order valence-corrected chi connectivity index (χ2v) is 6.07. The molecule has 0 aliphatic rings. The van der Waals surface area contributed by atoms with Gasteiger partial charge in [0.2, 0.25) is 0 Å². The van der Waals surface area contributed by atoms with E-state index in [1.54, 1.807) is 14.2 Å². The van der Waals surface area contributed by atoms with Crippen molar-refractivity contribution in [2.75, 3.05) is 14.2 Å². The first kappa shape index (κ1) is 16.2. The monoisotopic (exact) mass is 342 g/mol. The molecule has 0 amide bonds. The van der Waals surface area contributed by atoms with E-state index in [-0.39, 0.29) is 0 Å². The number of rotatable bonds is 4. The van der Waals surface area contributed by atoms with Crippen molar-refractivity contribution in [1.82, 2.24) is 0 Å². The number of hydrogen-bond acceptors (Lipinski definition) is 3. The standard InChI is InChI=1S/C23H18O3/c1-25-21-13-16-8-4-5-9-17(16)20(14-24)22(21)19-12-11-15-7-3-6-10-18(15)23(19)26-2/h3-14H,1-2H3. The second kappa shape index (κ2) is 6.52. The molecule has 0 atom stereocenters. The third-order valence-electron chi connectivity index (χ3n) is 4.74. The summed E-state index contributed by atoms with van der Waals surface area (Å²) in [7, 11) is 3.27. The van der Waals surface area contributed by atoms with Gasteiger partial charge in [-0.05, 0) is 28.3 Å². The van der Waals surface area contributed by atoms with E-state index in [1.807, 2.05) is 66.7 Å². The fourth-order valence-corrected chi connectivity index (χ4v) is 3.57. The number of carbonyl (C=O) groups is 1. The summed E-state index contributed by atoms with van der Waals surface area (Å²) in [5.41, 5.74) is 2.20. The Labute approximate surface area is 151 Å². The van der Waals surface area contributed by atoms with E-state index in [1.165, 1.54) is 0 Å². The van der Waals surface area contributed by atoms with Crippen LogP contribution in [-0.2, 0) is 0 Å². The molecule has 4 aromatic rings. The third kappa shape index (κ3) is 2.40. The summed E-state index contributed by atoms with van der Waals surface area (Å²) < 4.78 is 11.4. The minimum absolute atomic E-state index is 0.605. The predicted molar refractivity (Wildman–Crippen MR) is 105 cm³/mol. The molecule has 0 unspecified atom stereocenters. The van der Waals surface area contributed by atoms with Crippen LogP contribution in [0.1, 0.15) is 10.4 Å². The highest BCUT2D eigenvalue weighted by Gasteiger charge is 2.20. The molecule has 0 N–H and O–H groups in total. The highest BCUT2D eigenvalue weighted by molar-refractivity contribution is 6.09. The Morgan fingerprint density at radius 2 is 1.46 bits per heavy atom. The van der Waals surface area contributed by atoms with Crippen LogP contribution in [-0.4, -0.2) is 20.5 Å². The number of benzene rings is 4. The Bertz CT molecular complexity index is 1130. The van der Waals surface area contributed by atoms with E-state index in [0.29, 0.717) is 11.3 Å². The number of carbonyl (C=O) groups excluding carboxylic acids is 1. The molecule has 3 nitrogen and oxygen atoms in total. The molecule has 0 aromatic heterocycles. The van der Waals surface area contributed by atoms with Gasteiger partial charge in [0.1, 0.15) is 11.5 Å². The third-order valence-corrected chi connectivity index (χ3v) is 4.74. The van der Waals surface area contributed by atoms with Gasteiger partial charge in [-0.1, -0.05) is 54.6 Å². The lowest BCUT2D eigenvalue weighted by atomic mass is 9.91. The van der Waals surface area contributed by atoms with Gasteiger partial charge < -0.3 is 9.47 Å². The summed E-state index contributed by atoms with van der Waals surface area (Å²) in [6.45, 7) is 0. The van der Waals surface area contributed by atoms with Crippen LogP contribution in [0, 0.1) is 0 Å². The van der Waals surface area contributed by atoms with Crippen molar-refractivity contribution in [2.24, 2.45) is 0 Å². The minimum atomic E-state index is 0.605. The average molecular weight is 342 g/mol. The molecule has 0 aliphatic carbocycles. The molecule has 0 bridgehead atoms. The summed E-state index contributed by atoms with van der Waals surface area (Å²) in [5, 5.41) is 3.95. The predicted octanol–water partition coefficient (Wildman–Crippen LogP) is 5.49. The zero-order valence-corrected chi connectivity index (χ0v) is 14.7. The van der Waals surface area contributed by atoms with E-state index >= 15 is 0 Å². The van der Waals surface area contributed by atoms with Crippen LogP contribution in [0.2, 0.25) is 0 Å². The molecule has 0 radical (unpaired) electrons. The maximum Gasteiger partial charge on any atom is 0.151 e. The maximum absolute atomic E-state index is 12.0. The van der Waals surface area contributed by atoms with Crippen LogP contribution in [0.3, 0.4) is 0 Å². The number of fused-ring (bicyclic) bond motifs is 2. The Morgan fingerprint density at radius 1 is 0.769 bits per heavy atom. The fraction of sp³-hybridized carbons (Fsp3) is 0.0870. The highest BCUT2D eigenvalue weighted by Crippen LogP contribution is 2.44. The van der Waals surface area contributed by atoms with Gasteiger partial charge in [0.15, 0.2) is 6.29 Å². The number of methoxy groups -OCH3 is 2. The Balaban J connectivity index is 2.15. The Kier molecular flexibility index (Phi) is 4.05. The normalized spacial score (nSPS) is 10.8. The summed E-state index contributed by atoms with van der Waals surface area (Å²) in [5.74, 6) is 1.39. The van der Waals surface area contributed by atoms with Crippen LogP contribution >= 0.6 is 0 Å². The molecule has 0 aliphatic heterocycles. The van der Waals surface area contributed by atoms with Gasteiger partial charge in [-0.2, -0.15) is 0 Å². The van der Waals surface area contributed by atoms with Crippen molar-refractivity contribution >= 4 is 27.8 Å². The lowest BCUT2D eigenvalue weighted by Gasteiger charge is -2.18. The molecule has 128 valence electrons. The van der Waals surface area contributed by atoms with Crippen molar-refractivity contribution in [3.8, 4) is 22.6 Å². The molecule has 4 aromatic carbocycles. The lowest BCUT2D eigenvalue weighted by Crippen LogP contribution is -1.98. The quantitative estimate of drug-likeness (QED) is 0.460. The zero-order valence-electron chi connectivity index (χ0n) is 14.7. The molecule has 26 heavy (non-hydrogen) atoms. The fourth-order valence-electron chi connectivity index (χ4n) is 3.57. The molecular formula is C23H18O3. The average Bonchev–Trinajstić information content (AvgIpc) is 2.71. The number of aldehydes is 1. The molecule has 3 heteroatoms. The van der Waals surface area contributed by atoms with E-state index < -0.39 is 0 Å². The smallest absolute Gasteiger partial charge is 0.151 e. The Hall–Kier alpha value is -3.33. The van der Waals surface area contributed by atoms with Gasteiger partial charge in [0.25, 0.3) is 0 Å². The van der Waals surface area contributed by atoms with E-state index in [0.717, 1.165) is 44.7 Å². The molecule has 0 heterocycles. The molecular weight excluding hydrogens is 324 g/mol. The molecule has 0 spiro atoms. The van der Waals surface area contributed by atoms with E-state index in [2.05, 4.69) is 0 Å². The minimum Gasteiger partial charge on any atom is -0.496 e. The van der Waals surface area contributed by atoms with Crippen LogP contribution in [0.5, 0.6) is 11.5 Å². The zero-order chi connectivity index (χ0) is 18.1. The second-order valence-electron chi connectivity index (χ2n) is 6.07. The van der Waals surface area contributed by atoms with Crippen molar-refractivity contribution in [2.45, 2.75) is 0 Å². The van der Waals surface area contributed by atoms with Gasteiger partial charge in [0.05, 0.1) is 14.2 Å². The number of ether oxygens (including phenoxy) is 2. The first-order valence-electron chi connectivity index (χ1n) is 8.39. The topological polar surface area (TPSA) is 35.5 Å². The van der Waals surface area contributed by atoms with Crippen LogP contribution in [0.4, 0.5) is 0 Å². The van der Waals surface area contributed by atoms with Crippen molar-refractivity contribution < 1.29 is 14.3 Å². The summed E-state index contributed by atoms with van der Waals surface area (Å²) in [4.78, 5) is 12.0. The Morgan fingerprint density at radius 3 is 2.15 bits per heavy atom.